The fourth-order valence-electron chi connectivity index (χ4n) is 1.77. The van der Waals surface area contributed by atoms with Crippen LogP contribution in [0.2, 0.25) is 0 Å². The summed E-state index contributed by atoms with van der Waals surface area (Å²) in [7, 11) is -2.12. The SMILES string of the molecule is CN(c1ccccc1)S(=O)(=O)c1ccc(OCC=O)cc1. The summed E-state index contributed by atoms with van der Waals surface area (Å²) in [4.78, 5) is 10.4. The summed E-state index contributed by atoms with van der Waals surface area (Å²) in [5.41, 5.74) is 0.582. The third kappa shape index (κ3) is 3.41. The lowest BCUT2D eigenvalue weighted by molar-refractivity contribution is -0.109. The van der Waals surface area contributed by atoms with E-state index in [4.69, 9.17) is 4.74 Å². The minimum atomic E-state index is -3.62. The summed E-state index contributed by atoms with van der Waals surface area (Å²) in [6, 6.07) is 14.8. The molecule has 2 aromatic rings. The lowest BCUT2D eigenvalue weighted by atomic mass is 10.3. The van der Waals surface area contributed by atoms with Gasteiger partial charge in [0.25, 0.3) is 10.0 Å². The maximum Gasteiger partial charge on any atom is 0.264 e. The Morgan fingerprint density at radius 1 is 1.05 bits per heavy atom. The van der Waals surface area contributed by atoms with E-state index in [2.05, 4.69) is 0 Å². The zero-order chi connectivity index (χ0) is 15.3. The molecular formula is C15H15NO4S. The number of nitrogens with zero attached hydrogens (tertiary/aromatic N) is 1. The number of para-hydroxylation sites is 1. The second-order valence-corrected chi connectivity index (χ2v) is 6.23. The normalized spacial score (nSPS) is 10.9. The summed E-state index contributed by atoms with van der Waals surface area (Å²) in [5, 5.41) is 0. The predicted octanol–water partition coefficient (Wildman–Crippen LogP) is 2.09. The van der Waals surface area contributed by atoms with Crippen molar-refractivity contribution >= 4 is 22.0 Å². The van der Waals surface area contributed by atoms with Crippen LogP contribution in [0.4, 0.5) is 5.69 Å². The lowest BCUT2D eigenvalue weighted by Crippen LogP contribution is -2.26. The summed E-state index contributed by atoms with van der Waals surface area (Å²) >= 11 is 0. The van der Waals surface area contributed by atoms with Crippen molar-refractivity contribution in [3.8, 4) is 5.75 Å². The van der Waals surface area contributed by atoms with Crippen LogP contribution in [-0.4, -0.2) is 28.4 Å². The standard InChI is InChI=1S/C15H15NO4S/c1-16(13-5-3-2-4-6-13)21(18,19)15-9-7-14(8-10-15)20-12-11-17/h2-11H,12H2,1H3. The highest BCUT2D eigenvalue weighted by Gasteiger charge is 2.20. The van der Waals surface area contributed by atoms with Gasteiger partial charge in [0.15, 0.2) is 6.29 Å². The number of hydrogen-bond acceptors (Lipinski definition) is 4. The van der Waals surface area contributed by atoms with E-state index < -0.39 is 10.0 Å². The average Bonchev–Trinajstić information content (AvgIpc) is 2.53. The molecule has 0 unspecified atom stereocenters. The molecule has 0 bridgehead atoms. The van der Waals surface area contributed by atoms with Crippen LogP contribution in [0.15, 0.2) is 59.5 Å². The quantitative estimate of drug-likeness (QED) is 0.767. The lowest BCUT2D eigenvalue weighted by Gasteiger charge is -2.19. The van der Waals surface area contributed by atoms with Gasteiger partial charge in [-0.05, 0) is 36.4 Å². The molecule has 21 heavy (non-hydrogen) atoms. The number of ether oxygens (including phenoxy) is 1. The molecule has 0 aliphatic carbocycles. The van der Waals surface area contributed by atoms with Crippen molar-refractivity contribution in [2.45, 2.75) is 4.90 Å². The van der Waals surface area contributed by atoms with E-state index in [-0.39, 0.29) is 11.5 Å². The van der Waals surface area contributed by atoms with Crippen LogP contribution in [-0.2, 0) is 14.8 Å². The van der Waals surface area contributed by atoms with Crippen LogP contribution < -0.4 is 9.04 Å². The zero-order valence-electron chi connectivity index (χ0n) is 11.5. The van der Waals surface area contributed by atoms with Gasteiger partial charge in [-0.3, -0.25) is 9.10 Å². The van der Waals surface area contributed by atoms with Crippen molar-refractivity contribution in [1.29, 1.82) is 0 Å². The van der Waals surface area contributed by atoms with Gasteiger partial charge in [0.2, 0.25) is 0 Å². The van der Waals surface area contributed by atoms with Crippen LogP contribution in [0.25, 0.3) is 0 Å². The van der Waals surface area contributed by atoms with E-state index in [9.17, 15) is 13.2 Å². The number of carbonyl (C=O) groups excluding carboxylic acids is 1. The second kappa shape index (κ2) is 6.41. The molecule has 0 fully saturated rings. The molecule has 5 nitrogen and oxygen atoms in total. The summed E-state index contributed by atoms with van der Waals surface area (Å²) in [6.45, 7) is -0.0595. The summed E-state index contributed by atoms with van der Waals surface area (Å²) < 4.78 is 31.3. The summed E-state index contributed by atoms with van der Waals surface area (Å²) in [5.74, 6) is 0.448. The van der Waals surface area contributed by atoms with Crippen molar-refractivity contribution in [3.05, 3.63) is 54.6 Å². The number of sulfonamides is 1. The molecule has 110 valence electrons. The number of anilines is 1. The van der Waals surface area contributed by atoms with Crippen LogP contribution in [0, 0.1) is 0 Å². The highest BCUT2D eigenvalue weighted by atomic mass is 32.2. The molecule has 0 atom stereocenters. The van der Waals surface area contributed by atoms with Crippen molar-refractivity contribution in [3.63, 3.8) is 0 Å². The smallest absolute Gasteiger partial charge is 0.264 e. The maximum absolute atomic E-state index is 12.5. The van der Waals surface area contributed by atoms with Gasteiger partial charge in [0.05, 0.1) is 10.6 Å². The molecule has 0 saturated carbocycles. The van der Waals surface area contributed by atoms with Crippen molar-refractivity contribution in [2.24, 2.45) is 0 Å². The first-order valence-corrected chi connectivity index (χ1v) is 7.70. The van der Waals surface area contributed by atoms with Crippen molar-refractivity contribution in [1.82, 2.24) is 0 Å². The van der Waals surface area contributed by atoms with E-state index in [0.717, 1.165) is 0 Å². The van der Waals surface area contributed by atoms with E-state index in [1.807, 2.05) is 6.07 Å². The number of carbonyl (C=O) groups is 1. The molecule has 0 radical (unpaired) electrons. The Labute approximate surface area is 123 Å². The van der Waals surface area contributed by atoms with Gasteiger partial charge >= 0.3 is 0 Å². The molecule has 0 amide bonds. The molecule has 6 heteroatoms. The van der Waals surface area contributed by atoms with Gasteiger partial charge in [-0.25, -0.2) is 8.42 Å². The van der Waals surface area contributed by atoms with Gasteiger partial charge < -0.3 is 4.74 Å². The Balaban J connectivity index is 2.25. The molecule has 0 N–H and O–H groups in total. The number of rotatable bonds is 6. The number of benzene rings is 2. The molecule has 0 spiro atoms. The van der Waals surface area contributed by atoms with E-state index in [1.165, 1.54) is 35.6 Å². The topological polar surface area (TPSA) is 63.7 Å². The van der Waals surface area contributed by atoms with Gasteiger partial charge in [-0.1, -0.05) is 18.2 Å². The fraction of sp³-hybridized carbons (Fsp3) is 0.133. The zero-order valence-corrected chi connectivity index (χ0v) is 12.3. The Morgan fingerprint density at radius 3 is 2.24 bits per heavy atom. The van der Waals surface area contributed by atoms with Gasteiger partial charge in [-0.15, -0.1) is 0 Å². The Morgan fingerprint density at radius 2 is 1.67 bits per heavy atom. The minimum Gasteiger partial charge on any atom is -0.486 e. The Hall–Kier alpha value is -2.34. The first kappa shape index (κ1) is 15.1. The van der Waals surface area contributed by atoms with E-state index in [0.29, 0.717) is 17.7 Å². The third-order valence-electron chi connectivity index (χ3n) is 2.92. The van der Waals surface area contributed by atoms with Crippen LogP contribution in [0.1, 0.15) is 0 Å². The minimum absolute atomic E-state index is 0.0595. The molecule has 0 saturated heterocycles. The maximum atomic E-state index is 12.5. The first-order chi connectivity index (χ1) is 10.1. The molecule has 0 aliphatic heterocycles. The van der Waals surface area contributed by atoms with Crippen molar-refractivity contribution < 1.29 is 17.9 Å². The Kier molecular flexibility index (Phi) is 4.59. The van der Waals surface area contributed by atoms with Gasteiger partial charge in [-0.2, -0.15) is 0 Å². The van der Waals surface area contributed by atoms with Crippen molar-refractivity contribution in [2.75, 3.05) is 18.0 Å². The third-order valence-corrected chi connectivity index (χ3v) is 4.72. The molecule has 0 heterocycles. The van der Waals surface area contributed by atoms with Crippen LogP contribution in [0.5, 0.6) is 5.75 Å². The van der Waals surface area contributed by atoms with Crippen LogP contribution >= 0.6 is 0 Å². The summed E-state index contributed by atoms with van der Waals surface area (Å²) in [6.07, 6.45) is 0.633. The van der Waals surface area contributed by atoms with Gasteiger partial charge in [0.1, 0.15) is 12.4 Å². The number of aldehydes is 1. The van der Waals surface area contributed by atoms with E-state index >= 15 is 0 Å². The molecule has 2 aromatic carbocycles. The van der Waals surface area contributed by atoms with E-state index in [1.54, 1.807) is 24.3 Å². The average molecular weight is 305 g/mol. The molecule has 0 aromatic heterocycles. The predicted molar refractivity (Wildman–Crippen MR) is 80.0 cm³/mol. The molecule has 0 aliphatic rings. The second-order valence-electron chi connectivity index (χ2n) is 4.26. The first-order valence-electron chi connectivity index (χ1n) is 6.26. The molecular weight excluding hydrogens is 290 g/mol. The number of hydrogen-bond donors (Lipinski definition) is 0. The Bertz CT molecular complexity index is 696. The highest BCUT2D eigenvalue weighted by Crippen LogP contribution is 2.23. The fourth-order valence-corrected chi connectivity index (χ4v) is 2.97. The molecule has 2 rings (SSSR count). The van der Waals surface area contributed by atoms with Gasteiger partial charge in [0, 0.05) is 7.05 Å². The highest BCUT2D eigenvalue weighted by molar-refractivity contribution is 7.92. The monoisotopic (exact) mass is 305 g/mol. The van der Waals surface area contributed by atoms with Crippen LogP contribution in [0.3, 0.4) is 0 Å². The largest absolute Gasteiger partial charge is 0.486 e.